The predicted octanol–water partition coefficient (Wildman–Crippen LogP) is 3.13. The Hall–Kier alpha value is -2.34. The lowest BCUT2D eigenvalue weighted by Crippen LogP contribution is -2.41. The SMILES string of the molecule is Cc1cc(NC(=O)C2CCN(C(=O)c3ccc(Cl)cc3)CC2)no1. The molecule has 1 aliphatic rings. The van der Waals surface area contributed by atoms with Crippen molar-refractivity contribution < 1.29 is 14.1 Å². The fourth-order valence-electron chi connectivity index (χ4n) is 2.77. The first kappa shape index (κ1) is 16.5. The van der Waals surface area contributed by atoms with E-state index in [1.54, 1.807) is 42.2 Å². The lowest BCUT2D eigenvalue weighted by Gasteiger charge is -2.31. The van der Waals surface area contributed by atoms with E-state index in [0.29, 0.717) is 48.1 Å². The maximum absolute atomic E-state index is 12.4. The maximum Gasteiger partial charge on any atom is 0.253 e. The van der Waals surface area contributed by atoms with Crippen LogP contribution in [0.4, 0.5) is 5.82 Å². The Morgan fingerprint density at radius 1 is 1.25 bits per heavy atom. The molecule has 1 fully saturated rings. The number of halogens is 1. The Labute approximate surface area is 144 Å². The molecule has 0 aliphatic carbocycles. The lowest BCUT2D eigenvalue weighted by molar-refractivity contribution is -0.121. The normalized spacial score (nSPS) is 15.3. The van der Waals surface area contributed by atoms with E-state index in [4.69, 9.17) is 16.1 Å². The number of benzene rings is 1. The Morgan fingerprint density at radius 3 is 2.50 bits per heavy atom. The molecule has 7 heteroatoms. The first-order chi connectivity index (χ1) is 11.5. The molecule has 2 heterocycles. The van der Waals surface area contributed by atoms with Crippen LogP contribution in [0.15, 0.2) is 34.9 Å². The number of anilines is 1. The molecule has 3 rings (SSSR count). The Bertz CT molecular complexity index is 734. The fraction of sp³-hybridized carbons (Fsp3) is 0.353. The van der Waals surface area contributed by atoms with Crippen molar-refractivity contribution >= 4 is 29.2 Å². The third kappa shape index (κ3) is 3.76. The molecular formula is C17H18ClN3O3. The van der Waals surface area contributed by atoms with Crippen LogP contribution in [0.2, 0.25) is 5.02 Å². The summed E-state index contributed by atoms with van der Waals surface area (Å²) in [6.07, 6.45) is 1.25. The monoisotopic (exact) mass is 347 g/mol. The van der Waals surface area contributed by atoms with E-state index in [9.17, 15) is 9.59 Å². The van der Waals surface area contributed by atoms with Crippen molar-refractivity contribution in [3.05, 3.63) is 46.7 Å². The summed E-state index contributed by atoms with van der Waals surface area (Å²) in [5.41, 5.74) is 0.611. The first-order valence-corrected chi connectivity index (χ1v) is 8.20. The summed E-state index contributed by atoms with van der Waals surface area (Å²) in [5.74, 6) is 0.835. The van der Waals surface area contributed by atoms with E-state index in [1.165, 1.54) is 0 Å². The van der Waals surface area contributed by atoms with Gasteiger partial charge in [-0.1, -0.05) is 16.8 Å². The van der Waals surface area contributed by atoms with Gasteiger partial charge in [-0.25, -0.2) is 0 Å². The van der Waals surface area contributed by atoms with E-state index in [2.05, 4.69) is 10.5 Å². The van der Waals surface area contributed by atoms with Crippen molar-refractivity contribution in [2.45, 2.75) is 19.8 Å². The minimum absolute atomic E-state index is 0.0300. The molecule has 1 aromatic carbocycles. The molecule has 2 aromatic rings. The van der Waals surface area contributed by atoms with E-state index in [1.807, 2.05) is 0 Å². The molecule has 0 unspecified atom stereocenters. The van der Waals surface area contributed by atoms with Crippen molar-refractivity contribution in [1.29, 1.82) is 0 Å². The van der Waals surface area contributed by atoms with Crippen molar-refractivity contribution in [1.82, 2.24) is 10.1 Å². The number of piperidine rings is 1. The second-order valence-electron chi connectivity index (χ2n) is 5.89. The van der Waals surface area contributed by atoms with Crippen LogP contribution in [0.3, 0.4) is 0 Å². The van der Waals surface area contributed by atoms with Crippen LogP contribution in [0.1, 0.15) is 29.0 Å². The van der Waals surface area contributed by atoms with E-state index in [0.717, 1.165) is 0 Å². The Morgan fingerprint density at radius 2 is 1.92 bits per heavy atom. The number of aromatic nitrogens is 1. The minimum atomic E-state index is -0.128. The standard InChI is InChI=1S/C17H18ClN3O3/c1-11-10-15(20-24-11)19-16(22)12-6-8-21(9-7-12)17(23)13-2-4-14(18)5-3-13/h2-5,10,12H,6-9H2,1H3,(H,19,20,22). The number of hydrogen-bond donors (Lipinski definition) is 1. The van der Waals surface area contributed by atoms with Gasteiger partial charge in [0, 0.05) is 35.7 Å². The van der Waals surface area contributed by atoms with Crippen LogP contribution in [0, 0.1) is 12.8 Å². The van der Waals surface area contributed by atoms with Gasteiger partial charge in [0.2, 0.25) is 5.91 Å². The van der Waals surface area contributed by atoms with Gasteiger partial charge in [-0.05, 0) is 44.0 Å². The second-order valence-corrected chi connectivity index (χ2v) is 6.32. The largest absolute Gasteiger partial charge is 0.360 e. The minimum Gasteiger partial charge on any atom is -0.360 e. The average molecular weight is 348 g/mol. The molecule has 0 atom stereocenters. The Kier molecular flexibility index (Phi) is 4.85. The summed E-state index contributed by atoms with van der Waals surface area (Å²) in [6, 6.07) is 8.52. The first-order valence-electron chi connectivity index (χ1n) is 7.82. The maximum atomic E-state index is 12.4. The van der Waals surface area contributed by atoms with Gasteiger partial charge in [-0.15, -0.1) is 0 Å². The number of nitrogens with zero attached hydrogens (tertiary/aromatic N) is 2. The van der Waals surface area contributed by atoms with Crippen molar-refractivity contribution in [3.8, 4) is 0 Å². The van der Waals surface area contributed by atoms with Crippen molar-refractivity contribution in [2.24, 2.45) is 5.92 Å². The highest BCUT2D eigenvalue weighted by molar-refractivity contribution is 6.30. The number of rotatable bonds is 3. The zero-order valence-corrected chi connectivity index (χ0v) is 14.0. The quantitative estimate of drug-likeness (QED) is 0.925. The van der Waals surface area contributed by atoms with Gasteiger partial charge in [0.15, 0.2) is 5.82 Å². The summed E-state index contributed by atoms with van der Waals surface area (Å²) >= 11 is 5.84. The van der Waals surface area contributed by atoms with Crippen LogP contribution < -0.4 is 5.32 Å². The molecular weight excluding hydrogens is 330 g/mol. The molecule has 1 aromatic heterocycles. The molecule has 2 amide bonds. The smallest absolute Gasteiger partial charge is 0.253 e. The van der Waals surface area contributed by atoms with Gasteiger partial charge in [-0.2, -0.15) is 0 Å². The number of nitrogens with one attached hydrogen (secondary N) is 1. The van der Waals surface area contributed by atoms with Gasteiger partial charge >= 0.3 is 0 Å². The number of amides is 2. The summed E-state index contributed by atoms with van der Waals surface area (Å²) in [4.78, 5) is 26.5. The molecule has 1 saturated heterocycles. The predicted molar refractivity (Wildman–Crippen MR) is 89.9 cm³/mol. The molecule has 0 saturated carbocycles. The van der Waals surface area contributed by atoms with Gasteiger partial charge in [-0.3, -0.25) is 9.59 Å². The zero-order valence-electron chi connectivity index (χ0n) is 13.3. The lowest BCUT2D eigenvalue weighted by atomic mass is 9.95. The third-order valence-corrected chi connectivity index (χ3v) is 4.38. The summed E-state index contributed by atoms with van der Waals surface area (Å²) in [7, 11) is 0. The third-order valence-electron chi connectivity index (χ3n) is 4.12. The van der Waals surface area contributed by atoms with Crippen LogP contribution in [0.5, 0.6) is 0 Å². The molecule has 1 aliphatic heterocycles. The highest BCUT2D eigenvalue weighted by Gasteiger charge is 2.28. The molecule has 24 heavy (non-hydrogen) atoms. The molecule has 0 spiro atoms. The van der Waals surface area contributed by atoms with Gasteiger partial charge in [0.1, 0.15) is 5.76 Å². The van der Waals surface area contributed by atoms with Gasteiger partial charge in [0.05, 0.1) is 0 Å². The van der Waals surface area contributed by atoms with Crippen LogP contribution in [-0.2, 0) is 4.79 Å². The number of carbonyl (C=O) groups is 2. The zero-order chi connectivity index (χ0) is 17.1. The van der Waals surface area contributed by atoms with Crippen LogP contribution in [-0.4, -0.2) is 35.0 Å². The molecule has 0 radical (unpaired) electrons. The van der Waals surface area contributed by atoms with E-state index >= 15 is 0 Å². The topological polar surface area (TPSA) is 75.4 Å². The van der Waals surface area contributed by atoms with Crippen LogP contribution in [0.25, 0.3) is 0 Å². The number of carbonyl (C=O) groups excluding carboxylic acids is 2. The molecule has 0 bridgehead atoms. The van der Waals surface area contributed by atoms with Crippen molar-refractivity contribution in [2.75, 3.05) is 18.4 Å². The molecule has 126 valence electrons. The highest BCUT2D eigenvalue weighted by Crippen LogP contribution is 2.21. The molecule has 1 N–H and O–H groups in total. The van der Waals surface area contributed by atoms with Crippen LogP contribution >= 0.6 is 11.6 Å². The Balaban J connectivity index is 1.54. The summed E-state index contributed by atoms with van der Waals surface area (Å²) in [5, 5.41) is 7.11. The average Bonchev–Trinajstić information content (AvgIpc) is 3.00. The molecule has 6 nitrogen and oxygen atoms in total. The second kappa shape index (κ2) is 7.05. The summed E-state index contributed by atoms with van der Waals surface area (Å²) in [6.45, 7) is 2.87. The van der Waals surface area contributed by atoms with E-state index < -0.39 is 0 Å². The fourth-order valence-corrected chi connectivity index (χ4v) is 2.90. The van der Waals surface area contributed by atoms with E-state index in [-0.39, 0.29) is 17.7 Å². The summed E-state index contributed by atoms with van der Waals surface area (Å²) < 4.78 is 4.93. The number of hydrogen-bond acceptors (Lipinski definition) is 4. The van der Waals surface area contributed by atoms with Crippen molar-refractivity contribution in [3.63, 3.8) is 0 Å². The highest BCUT2D eigenvalue weighted by atomic mass is 35.5. The number of likely N-dealkylation sites (tertiary alicyclic amines) is 1. The number of aryl methyl sites for hydroxylation is 1. The van der Waals surface area contributed by atoms with Gasteiger partial charge in [0.25, 0.3) is 5.91 Å². The van der Waals surface area contributed by atoms with Gasteiger partial charge < -0.3 is 14.7 Å².